The molecule has 1 fully saturated rings. The van der Waals surface area contributed by atoms with Gasteiger partial charge in [0.15, 0.2) is 0 Å². The Morgan fingerprint density at radius 3 is 2.35 bits per heavy atom. The molecule has 1 heterocycles. The summed E-state index contributed by atoms with van der Waals surface area (Å²) >= 11 is 6.35. The molecule has 122 valence electrons. The van der Waals surface area contributed by atoms with E-state index in [1.165, 1.54) is 0 Å². The Labute approximate surface area is 142 Å². The van der Waals surface area contributed by atoms with Crippen LogP contribution in [0, 0.1) is 0 Å². The van der Waals surface area contributed by atoms with E-state index in [0.29, 0.717) is 16.5 Å². The zero-order valence-electron chi connectivity index (χ0n) is 12.9. The second kappa shape index (κ2) is 7.04. The van der Waals surface area contributed by atoms with Gasteiger partial charge in [-0.2, -0.15) is 4.31 Å². The van der Waals surface area contributed by atoms with Gasteiger partial charge in [-0.05, 0) is 36.6 Å². The summed E-state index contributed by atoms with van der Waals surface area (Å²) < 4.78 is 27.9. The minimum Gasteiger partial charge on any atom is -0.207 e. The van der Waals surface area contributed by atoms with Crippen LogP contribution in [0.5, 0.6) is 0 Å². The molecule has 3 rings (SSSR count). The Balaban J connectivity index is 2.05. The van der Waals surface area contributed by atoms with Gasteiger partial charge in [-0.25, -0.2) is 8.42 Å². The van der Waals surface area contributed by atoms with Crippen molar-refractivity contribution < 1.29 is 8.42 Å². The second-order valence-electron chi connectivity index (χ2n) is 5.82. The average molecular weight is 350 g/mol. The smallest absolute Gasteiger partial charge is 0.207 e. The number of hydrogen-bond acceptors (Lipinski definition) is 2. The summed E-state index contributed by atoms with van der Waals surface area (Å²) in [5.74, 6) is 0. The topological polar surface area (TPSA) is 37.4 Å². The first-order valence-electron chi connectivity index (χ1n) is 7.92. The maximum Gasteiger partial charge on any atom is 0.243 e. The molecule has 2 aromatic carbocycles. The molecule has 0 radical (unpaired) electrons. The Kier molecular flexibility index (Phi) is 5.05. The van der Waals surface area contributed by atoms with Gasteiger partial charge in [0.2, 0.25) is 10.0 Å². The van der Waals surface area contributed by atoms with Crippen LogP contribution in [0.25, 0.3) is 0 Å². The van der Waals surface area contributed by atoms with E-state index in [9.17, 15) is 8.42 Å². The van der Waals surface area contributed by atoms with E-state index in [1.807, 2.05) is 30.3 Å². The predicted octanol–water partition coefficient (Wildman–Crippen LogP) is 4.65. The van der Waals surface area contributed by atoms with Gasteiger partial charge >= 0.3 is 0 Å². The Bertz CT molecular complexity index is 762. The SMILES string of the molecule is O=S(=O)(c1ccccc1)N1CCCCC[C@@H]1c1ccccc1Cl. The zero-order valence-corrected chi connectivity index (χ0v) is 14.4. The largest absolute Gasteiger partial charge is 0.243 e. The minimum atomic E-state index is -3.52. The third kappa shape index (κ3) is 3.44. The summed E-state index contributed by atoms with van der Waals surface area (Å²) in [5, 5.41) is 0.632. The first-order valence-corrected chi connectivity index (χ1v) is 9.74. The molecular formula is C18H20ClNO2S. The highest BCUT2D eigenvalue weighted by atomic mass is 35.5. The highest BCUT2D eigenvalue weighted by Crippen LogP contribution is 2.37. The lowest BCUT2D eigenvalue weighted by atomic mass is 10.0. The fourth-order valence-corrected chi connectivity index (χ4v) is 5.11. The van der Waals surface area contributed by atoms with E-state index in [2.05, 4.69) is 0 Å². The minimum absolute atomic E-state index is 0.198. The average Bonchev–Trinajstić information content (AvgIpc) is 2.82. The van der Waals surface area contributed by atoms with Gasteiger partial charge in [0.1, 0.15) is 0 Å². The summed E-state index contributed by atoms with van der Waals surface area (Å²) in [5.41, 5.74) is 0.899. The molecule has 23 heavy (non-hydrogen) atoms. The normalized spacial score (nSPS) is 20.1. The molecule has 0 amide bonds. The highest BCUT2D eigenvalue weighted by molar-refractivity contribution is 7.89. The van der Waals surface area contributed by atoms with Crippen LogP contribution in [0.4, 0.5) is 0 Å². The molecule has 1 aliphatic heterocycles. The van der Waals surface area contributed by atoms with Crippen LogP contribution in [-0.2, 0) is 10.0 Å². The first kappa shape index (κ1) is 16.5. The lowest BCUT2D eigenvalue weighted by Gasteiger charge is -2.30. The van der Waals surface area contributed by atoms with E-state index in [-0.39, 0.29) is 6.04 Å². The molecule has 2 aromatic rings. The maximum atomic E-state index is 13.1. The number of rotatable bonds is 3. The van der Waals surface area contributed by atoms with Crippen LogP contribution in [0.1, 0.15) is 37.3 Å². The third-order valence-corrected chi connectivity index (χ3v) is 6.58. The molecule has 1 aliphatic rings. The monoisotopic (exact) mass is 349 g/mol. The van der Waals surface area contributed by atoms with Crippen LogP contribution in [-0.4, -0.2) is 19.3 Å². The second-order valence-corrected chi connectivity index (χ2v) is 8.11. The van der Waals surface area contributed by atoms with Crippen molar-refractivity contribution >= 4 is 21.6 Å². The summed E-state index contributed by atoms with van der Waals surface area (Å²) in [6, 6.07) is 16.0. The van der Waals surface area contributed by atoms with E-state index in [0.717, 1.165) is 31.2 Å². The van der Waals surface area contributed by atoms with Gasteiger partial charge in [0.05, 0.1) is 10.9 Å². The predicted molar refractivity (Wildman–Crippen MR) is 93.0 cm³/mol. The van der Waals surface area contributed by atoms with Gasteiger partial charge in [-0.1, -0.05) is 60.8 Å². The fourth-order valence-electron chi connectivity index (χ4n) is 3.15. The Hall–Kier alpha value is -1.36. The third-order valence-electron chi connectivity index (χ3n) is 4.32. The number of nitrogens with zero attached hydrogens (tertiary/aromatic N) is 1. The standard InChI is InChI=1S/C18H20ClNO2S/c19-17-12-7-6-11-16(17)18-13-5-2-8-14-20(18)23(21,22)15-9-3-1-4-10-15/h1,3-4,6-7,9-12,18H,2,5,8,13-14H2/t18-/m1/s1. The van der Waals surface area contributed by atoms with E-state index < -0.39 is 10.0 Å². The van der Waals surface area contributed by atoms with E-state index in [4.69, 9.17) is 11.6 Å². The summed E-state index contributed by atoms with van der Waals surface area (Å²) in [6.07, 6.45) is 3.74. The van der Waals surface area contributed by atoms with Crippen molar-refractivity contribution in [2.75, 3.05) is 6.54 Å². The van der Waals surface area contributed by atoms with Crippen molar-refractivity contribution in [1.82, 2.24) is 4.31 Å². The lowest BCUT2D eigenvalue weighted by Crippen LogP contribution is -2.35. The van der Waals surface area contributed by atoms with Crippen LogP contribution >= 0.6 is 11.6 Å². The van der Waals surface area contributed by atoms with Crippen molar-refractivity contribution in [3.63, 3.8) is 0 Å². The van der Waals surface area contributed by atoms with Crippen molar-refractivity contribution in [2.45, 2.75) is 36.6 Å². The van der Waals surface area contributed by atoms with Crippen LogP contribution < -0.4 is 0 Å². The van der Waals surface area contributed by atoms with Crippen LogP contribution in [0.15, 0.2) is 59.5 Å². The Morgan fingerprint density at radius 2 is 1.61 bits per heavy atom. The Morgan fingerprint density at radius 1 is 0.913 bits per heavy atom. The van der Waals surface area contributed by atoms with Gasteiger partial charge in [0.25, 0.3) is 0 Å². The van der Waals surface area contributed by atoms with E-state index in [1.54, 1.807) is 28.6 Å². The molecule has 1 saturated heterocycles. The van der Waals surface area contributed by atoms with Crippen molar-refractivity contribution in [1.29, 1.82) is 0 Å². The molecule has 0 aromatic heterocycles. The number of benzene rings is 2. The summed E-state index contributed by atoms with van der Waals surface area (Å²) in [4.78, 5) is 0.346. The highest BCUT2D eigenvalue weighted by Gasteiger charge is 2.34. The molecular weight excluding hydrogens is 330 g/mol. The molecule has 0 spiro atoms. The molecule has 0 bridgehead atoms. The van der Waals surface area contributed by atoms with Crippen molar-refractivity contribution in [2.24, 2.45) is 0 Å². The molecule has 0 saturated carbocycles. The number of hydrogen-bond donors (Lipinski definition) is 0. The molecule has 3 nitrogen and oxygen atoms in total. The van der Waals surface area contributed by atoms with Crippen LogP contribution in [0.3, 0.4) is 0 Å². The maximum absolute atomic E-state index is 13.1. The number of halogens is 1. The molecule has 0 unspecified atom stereocenters. The number of sulfonamides is 1. The van der Waals surface area contributed by atoms with Gasteiger partial charge in [-0.15, -0.1) is 0 Å². The van der Waals surface area contributed by atoms with E-state index >= 15 is 0 Å². The van der Waals surface area contributed by atoms with Crippen molar-refractivity contribution in [3.05, 3.63) is 65.2 Å². The summed E-state index contributed by atoms with van der Waals surface area (Å²) in [6.45, 7) is 0.535. The quantitative estimate of drug-likeness (QED) is 0.809. The fraction of sp³-hybridized carbons (Fsp3) is 0.333. The molecule has 0 N–H and O–H groups in total. The van der Waals surface area contributed by atoms with Gasteiger partial charge in [0, 0.05) is 11.6 Å². The summed E-state index contributed by atoms with van der Waals surface area (Å²) in [7, 11) is -3.52. The van der Waals surface area contributed by atoms with Gasteiger partial charge in [-0.3, -0.25) is 0 Å². The molecule has 0 aliphatic carbocycles. The lowest BCUT2D eigenvalue weighted by molar-refractivity contribution is 0.329. The molecule has 5 heteroatoms. The zero-order chi connectivity index (χ0) is 16.3. The molecule has 1 atom stereocenters. The first-order chi connectivity index (χ1) is 11.1. The van der Waals surface area contributed by atoms with Crippen molar-refractivity contribution in [3.8, 4) is 0 Å². The van der Waals surface area contributed by atoms with Gasteiger partial charge < -0.3 is 0 Å². The van der Waals surface area contributed by atoms with Crippen LogP contribution in [0.2, 0.25) is 5.02 Å².